The predicted molar refractivity (Wildman–Crippen MR) is 351 cm³/mol. The smallest absolute Gasteiger partial charge is 0.0972 e. The Morgan fingerprint density at radius 1 is 0.256 bits per heavy atom. The number of aromatic nitrogens is 2. The van der Waals surface area contributed by atoms with Crippen LogP contribution in [0.1, 0.15) is 49.9 Å². The third kappa shape index (κ3) is 7.11. The van der Waals surface area contributed by atoms with Crippen LogP contribution in [0.15, 0.2) is 243 Å². The third-order valence-electron chi connectivity index (χ3n) is 18.3. The second-order valence-corrected chi connectivity index (χ2v) is 25.8. The molecule has 0 spiro atoms. The molecule has 0 atom stereocenters. The third-order valence-corrected chi connectivity index (χ3v) is 20.6. The van der Waals surface area contributed by atoms with E-state index in [4.69, 9.17) is 9.97 Å². The van der Waals surface area contributed by atoms with Gasteiger partial charge in [-0.05, 0) is 139 Å². The molecule has 0 aliphatic heterocycles. The van der Waals surface area contributed by atoms with Crippen LogP contribution < -0.4 is 0 Å². The summed E-state index contributed by atoms with van der Waals surface area (Å²) < 4.78 is 5.25. The van der Waals surface area contributed by atoms with E-state index >= 15 is 0 Å². The maximum atomic E-state index is 5.85. The molecule has 0 N–H and O–H groups in total. The van der Waals surface area contributed by atoms with Gasteiger partial charge < -0.3 is 0 Å². The summed E-state index contributed by atoms with van der Waals surface area (Å²) in [6, 6.07) is 90.7. The van der Waals surface area contributed by atoms with E-state index in [-0.39, 0.29) is 10.8 Å². The van der Waals surface area contributed by atoms with Crippen molar-refractivity contribution in [2.45, 2.75) is 38.5 Å². The van der Waals surface area contributed by atoms with Gasteiger partial charge in [-0.15, -0.1) is 22.7 Å². The van der Waals surface area contributed by atoms with Crippen LogP contribution in [0, 0.1) is 0 Å². The van der Waals surface area contributed by atoms with Crippen molar-refractivity contribution < 1.29 is 0 Å². The van der Waals surface area contributed by atoms with Gasteiger partial charge in [0, 0.05) is 84.2 Å². The predicted octanol–water partition coefficient (Wildman–Crippen LogP) is 22.1. The van der Waals surface area contributed by atoms with E-state index in [2.05, 4.69) is 270 Å². The highest BCUT2D eigenvalue weighted by Crippen LogP contribution is 2.53. The van der Waals surface area contributed by atoms with Crippen molar-refractivity contribution in [3.63, 3.8) is 0 Å². The van der Waals surface area contributed by atoms with E-state index in [1.165, 1.54) is 107 Å². The fraction of sp³-hybridized carbons (Fsp3) is 0.0769. The first kappa shape index (κ1) is 47.5. The van der Waals surface area contributed by atoms with Crippen LogP contribution >= 0.6 is 22.7 Å². The topological polar surface area (TPSA) is 25.8 Å². The number of thiophene rings is 2. The molecule has 0 bridgehead atoms. The van der Waals surface area contributed by atoms with Crippen LogP contribution in [-0.4, -0.2) is 9.97 Å². The average Bonchev–Trinajstić information content (AvgIpc) is 4.41. The average molecular weight is 1080 g/mol. The number of fused-ring (bicyclic) bond motifs is 15. The number of rotatable bonds is 6. The number of pyridine rings is 2. The first-order valence-electron chi connectivity index (χ1n) is 28.4. The second kappa shape index (κ2) is 17.6. The van der Waals surface area contributed by atoms with Gasteiger partial charge in [-0.2, -0.15) is 0 Å². The molecule has 0 fully saturated rings. The van der Waals surface area contributed by atoms with Gasteiger partial charge in [0.25, 0.3) is 0 Å². The van der Waals surface area contributed by atoms with Crippen molar-refractivity contribution in [3.05, 3.63) is 265 Å². The van der Waals surface area contributed by atoms with Gasteiger partial charge in [-0.3, -0.25) is 0 Å². The zero-order valence-corrected chi connectivity index (χ0v) is 47.4. The molecule has 386 valence electrons. The van der Waals surface area contributed by atoms with E-state index in [1.807, 2.05) is 22.7 Å². The van der Waals surface area contributed by atoms with E-state index in [9.17, 15) is 0 Å². The summed E-state index contributed by atoms with van der Waals surface area (Å²) in [7, 11) is 0. The molecule has 4 heterocycles. The van der Waals surface area contributed by atoms with E-state index in [0.717, 1.165) is 66.6 Å². The van der Waals surface area contributed by atoms with Crippen LogP contribution in [0.4, 0.5) is 0 Å². The summed E-state index contributed by atoms with van der Waals surface area (Å²) >= 11 is 3.72. The maximum Gasteiger partial charge on any atom is 0.0972 e. The quantitative estimate of drug-likeness (QED) is 0.155. The molecule has 4 heteroatoms. The minimum atomic E-state index is -0.152. The molecule has 0 amide bonds. The highest BCUT2D eigenvalue weighted by atomic mass is 32.1. The molecular weight excluding hydrogens is 1030 g/mol. The Bertz CT molecular complexity index is 4880. The molecule has 15 aromatic rings. The fourth-order valence-electron chi connectivity index (χ4n) is 13.9. The molecule has 0 saturated carbocycles. The molecule has 82 heavy (non-hydrogen) atoms. The van der Waals surface area contributed by atoms with Crippen molar-refractivity contribution in [1.29, 1.82) is 0 Å². The summed E-state index contributed by atoms with van der Waals surface area (Å²) in [5, 5.41) is 7.33. The summed E-state index contributed by atoms with van der Waals surface area (Å²) in [4.78, 5) is 11.7. The van der Waals surface area contributed by atoms with Gasteiger partial charge in [0.15, 0.2) is 0 Å². The molecule has 0 radical (unpaired) electrons. The normalized spacial score (nSPS) is 13.8. The lowest BCUT2D eigenvalue weighted by Crippen LogP contribution is -2.14. The lowest BCUT2D eigenvalue weighted by atomic mass is 9.81. The molecule has 0 saturated heterocycles. The molecule has 2 aliphatic carbocycles. The van der Waals surface area contributed by atoms with Gasteiger partial charge in [0.1, 0.15) is 0 Å². The van der Waals surface area contributed by atoms with E-state index < -0.39 is 0 Å². The van der Waals surface area contributed by atoms with Crippen LogP contribution in [0.3, 0.4) is 0 Å². The zero-order chi connectivity index (χ0) is 54.6. The van der Waals surface area contributed by atoms with Crippen LogP contribution in [0.2, 0.25) is 0 Å². The van der Waals surface area contributed by atoms with Crippen LogP contribution in [0.5, 0.6) is 0 Å². The lowest BCUT2D eigenvalue weighted by Gasteiger charge is -2.22. The van der Waals surface area contributed by atoms with Crippen LogP contribution in [-0.2, 0) is 10.8 Å². The molecule has 2 nitrogen and oxygen atoms in total. The minimum absolute atomic E-state index is 0.152. The van der Waals surface area contributed by atoms with Crippen molar-refractivity contribution in [2.75, 3.05) is 0 Å². The van der Waals surface area contributed by atoms with Crippen molar-refractivity contribution in [2.24, 2.45) is 0 Å². The number of benzene rings is 11. The minimum Gasteiger partial charge on any atom is -0.245 e. The van der Waals surface area contributed by atoms with Gasteiger partial charge in [-0.1, -0.05) is 210 Å². The molecule has 2 aliphatic rings. The van der Waals surface area contributed by atoms with E-state index in [0.29, 0.717) is 0 Å². The fourth-order valence-corrected chi connectivity index (χ4v) is 16.1. The maximum absolute atomic E-state index is 5.85. The number of hydrogen-bond acceptors (Lipinski definition) is 4. The lowest BCUT2D eigenvalue weighted by molar-refractivity contribution is 0.660. The Kier molecular flexibility index (Phi) is 10.2. The molecule has 17 rings (SSSR count). The highest BCUT2D eigenvalue weighted by molar-refractivity contribution is 7.26. The molecule has 11 aromatic carbocycles. The van der Waals surface area contributed by atoms with Crippen molar-refractivity contribution in [1.82, 2.24) is 9.97 Å². The standard InChI is InChI=1S/C78H52N2S2/c1-77(2)65-17-9-5-13-55(65)57-35-31-51(43-67(57)77)61-41-53-29-30-54-42-62(52-32-36-58-56-14-6-10-18-66(56)78(3,4)68(58)44-52)74(48-27-23-46(24-28-48)50-34-38-72-64(40-50)60-16-8-12-20-70(60)82-72)80-76(54)75(53)79-73(61)47-25-21-45(22-26-47)49-33-37-71-63(39-49)59-15-7-11-19-69(59)81-71/h5-44H,1-4H3. The van der Waals surface area contributed by atoms with Crippen molar-refractivity contribution >= 4 is 84.8 Å². The zero-order valence-electron chi connectivity index (χ0n) is 45.8. The summed E-state index contributed by atoms with van der Waals surface area (Å²) in [5.41, 5.74) is 25.4. The molecular formula is C78H52N2S2. The molecule has 0 unspecified atom stereocenters. The Morgan fingerprint density at radius 3 is 1.06 bits per heavy atom. The monoisotopic (exact) mass is 1080 g/mol. The number of nitrogens with zero attached hydrogens (tertiary/aromatic N) is 2. The van der Waals surface area contributed by atoms with Crippen molar-refractivity contribution in [3.8, 4) is 89.3 Å². The molecule has 4 aromatic heterocycles. The first-order valence-corrected chi connectivity index (χ1v) is 30.1. The highest BCUT2D eigenvalue weighted by Gasteiger charge is 2.37. The SMILES string of the molecule is CC1(C)c2ccccc2-c2ccc(-c3cc4ccc5cc(-c6ccc7c(c6)C(C)(C)c6ccccc6-7)c(-c6ccc(-c7ccc8sc9ccccc9c8c7)cc6)nc5c4nc3-c3ccc(-c4ccc5sc6ccccc6c5c4)cc3)cc21. The van der Waals surface area contributed by atoms with Crippen LogP contribution in [0.25, 0.3) is 151 Å². The van der Waals surface area contributed by atoms with Gasteiger partial charge in [-0.25, -0.2) is 9.97 Å². The van der Waals surface area contributed by atoms with Gasteiger partial charge in [0.2, 0.25) is 0 Å². The number of hydrogen-bond donors (Lipinski definition) is 0. The Morgan fingerprint density at radius 2 is 0.610 bits per heavy atom. The Hall–Kier alpha value is -9.32. The first-order chi connectivity index (χ1) is 40.1. The van der Waals surface area contributed by atoms with Gasteiger partial charge >= 0.3 is 0 Å². The summed E-state index contributed by atoms with van der Waals surface area (Å²) in [5.74, 6) is 0. The Balaban J connectivity index is 0.854. The Labute approximate surface area is 484 Å². The summed E-state index contributed by atoms with van der Waals surface area (Å²) in [6.45, 7) is 9.45. The second-order valence-electron chi connectivity index (χ2n) is 23.6. The largest absolute Gasteiger partial charge is 0.245 e. The van der Waals surface area contributed by atoms with Gasteiger partial charge in [0.05, 0.1) is 22.4 Å². The van der Waals surface area contributed by atoms with E-state index in [1.54, 1.807) is 0 Å². The summed E-state index contributed by atoms with van der Waals surface area (Å²) in [6.07, 6.45) is 0.